The lowest BCUT2D eigenvalue weighted by Gasteiger charge is -2.27. The summed E-state index contributed by atoms with van der Waals surface area (Å²) in [6, 6.07) is 15.8. The van der Waals surface area contributed by atoms with Crippen molar-refractivity contribution in [2.45, 2.75) is 20.3 Å². The third-order valence-electron chi connectivity index (χ3n) is 5.73. The van der Waals surface area contributed by atoms with Gasteiger partial charge in [0.2, 0.25) is 0 Å². The first-order valence-electron chi connectivity index (χ1n) is 10.8. The molecule has 1 saturated heterocycles. The Morgan fingerprint density at radius 3 is 2.49 bits per heavy atom. The minimum absolute atomic E-state index is 0.138. The Morgan fingerprint density at radius 1 is 1.06 bits per heavy atom. The molecule has 0 spiro atoms. The molecule has 3 aromatic carbocycles. The molecule has 178 valence electrons. The SMILES string of the molecule is COc1cc(/C=C2\C(=O)NC(=O)N(c3ccc(C)cc3C)C2=O)cc(I)c1Cc1ccccc1Cl. The van der Waals surface area contributed by atoms with Crippen LogP contribution in [-0.2, 0) is 16.0 Å². The molecule has 0 unspecified atom stereocenters. The Hall–Kier alpha value is -3.17. The van der Waals surface area contributed by atoms with Crippen LogP contribution in [0.3, 0.4) is 0 Å². The second kappa shape index (κ2) is 10.2. The highest BCUT2D eigenvalue weighted by atomic mass is 127. The number of imide groups is 2. The van der Waals surface area contributed by atoms with Crippen molar-refractivity contribution in [2.24, 2.45) is 0 Å². The van der Waals surface area contributed by atoms with Gasteiger partial charge in [0.05, 0.1) is 12.8 Å². The molecule has 1 fully saturated rings. The first-order valence-corrected chi connectivity index (χ1v) is 12.2. The second-order valence-corrected chi connectivity index (χ2v) is 9.77. The number of nitrogens with one attached hydrogen (secondary N) is 1. The summed E-state index contributed by atoms with van der Waals surface area (Å²) in [7, 11) is 1.57. The van der Waals surface area contributed by atoms with Gasteiger partial charge in [0.15, 0.2) is 0 Å². The topological polar surface area (TPSA) is 75.7 Å². The summed E-state index contributed by atoms with van der Waals surface area (Å²) in [6.45, 7) is 3.74. The van der Waals surface area contributed by atoms with E-state index in [1.807, 2.05) is 56.3 Å². The Balaban J connectivity index is 1.72. The number of urea groups is 1. The van der Waals surface area contributed by atoms with Crippen LogP contribution in [0, 0.1) is 17.4 Å². The van der Waals surface area contributed by atoms with Crippen molar-refractivity contribution < 1.29 is 19.1 Å². The molecule has 0 radical (unpaired) electrons. The molecule has 3 aromatic rings. The van der Waals surface area contributed by atoms with Crippen molar-refractivity contribution in [1.82, 2.24) is 5.32 Å². The van der Waals surface area contributed by atoms with Crippen LogP contribution in [0.25, 0.3) is 6.08 Å². The predicted octanol–water partition coefficient (Wildman–Crippen LogP) is 5.83. The zero-order valence-electron chi connectivity index (χ0n) is 19.3. The van der Waals surface area contributed by atoms with Gasteiger partial charge in [-0.3, -0.25) is 14.9 Å². The van der Waals surface area contributed by atoms with Crippen LogP contribution >= 0.6 is 34.2 Å². The Morgan fingerprint density at radius 2 is 1.80 bits per heavy atom. The zero-order chi connectivity index (χ0) is 25.3. The summed E-state index contributed by atoms with van der Waals surface area (Å²) in [5, 5.41) is 2.94. The van der Waals surface area contributed by atoms with Crippen molar-refractivity contribution in [3.05, 3.63) is 96.6 Å². The van der Waals surface area contributed by atoms with Gasteiger partial charge < -0.3 is 4.74 Å². The minimum Gasteiger partial charge on any atom is -0.496 e. The molecule has 0 aromatic heterocycles. The molecular formula is C27H22ClIN2O4. The van der Waals surface area contributed by atoms with Gasteiger partial charge in [0, 0.05) is 20.6 Å². The summed E-state index contributed by atoms with van der Waals surface area (Å²) < 4.78 is 6.52. The molecule has 0 aliphatic carbocycles. The fourth-order valence-corrected chi connectivity index (χ4v) is 5.02. The number of carbonyl (C=O) groups excluding carboxylic acids is 3. The van der Waals surface area contributed by atoms with Crippen LogP contribution in [0.4, 0.5) is 10.5 Å². The maximum absolute atomic E-state index is 13.3. The van der Waals surface area contributed by atoms with E-state index in [-0.39, 0.29) is 5.57 Å². The highest BCUT2D eigenvalue weighted by Gasteiger charge is 2.37. The van der Waals surface area contributed by atoms with Gasteiger partial charge in [-0.05, 0) is 83.5 Å². The van der Waals surface area contributed by atoms with Gasteiger partial charge in [0.25, 0.3) is 11.8 Å². The lowest BCUT2D eigenvalue weighted by atomic mass is 10.00. The summed E-state index contributed by atoms with van der Waals surface area (Å²) >= 11 is 8.54. The van der Waals surface area contributed by atoms with E-state index in [1.54, 1.807) is 19.2 Å². The molecule has 1 aliphatic heterocycles. The second-order valence-electron chi connectivity index (χ2n) is 8.20. The van der Waals surface area contributed by atoms with E-state index < -0.39 is 17.8 Å². The number of hydrogen-bond acceptors (Lipinski definition) is 4. The highest BCUT2D eigenvalue weighted by Crippen LogP contribution is 2.32. The largest absolute Gasteiger partial charge is 0.496 e. The molecule has 0 bridgehead atoms. The van der Waals surface area contributed by atoms with Gasteiger partial charge in [-0.25, -0.2) is 9.69 Å². The molecule has 0 saturated carbocycles. The molecule has 4 rings (SSSR count). The molecule has 4 amide bonds. The summed E-state index contributed by atoms with van der Waals surface area (Å²) in [5.74, 6) is -0.815. The molecule has 35 heavy (non-hydrogen) atoms. The molecule has 0 atom stereocenters. The standard InChI is InChI=1S/C27H22ClIN2O4/c1-15-8-9-23(16(2)10-15)31-26(33)20(25(32)30-27(31)34)11-17-12-22(29)19(24(13-17)35-3)14-18-6-4-5-7-21(18)28/h4-13H,14H2,1-3H3,(H,30,32,34)/b20-11+. The third-order valence-corrected chi connectivity index (χ3v) is 7.06. The van der Waals surface area contributed by atoms with E-state index in [1.165, 1.54) is 6.08 Å². The third kappa shape index (κ3) is 5.11. The zero-order valence-corrected chi connectivity index (χ0v) is 22.2. The van der Waals surface area contributed by atoms with Crippen molar-refractivity contribution in [1.29, 1.82) is 0 Å². The minimum atomic E-state index is -0.772. The van der Waals surface area contributed by atoms with Gasteiger partial charge in [-0.1, -0.05) is 47.5 Å². The fraction of sp³-hybridized carbons (Fsp3) is 0.148. The number of methoxy groups -OCH3 is 1. The Bertz CT molecular complexity index is 1400. The molecule has 1 heterocycles. The predicted molar refractivity (Wildman–Crippen MR) is 145 cm³/mol. The quantitative estimate of drug-likeness (QED) is 0.227. The van der Waals surface area contributed by atoms with Crippen LogP contribution in [0.5, 0.6) is 5.75 Å². The van der Waals surface area contributed by atoms with Gasteiger partial charge in [-0.2, -0.15) is 0 Å². The maximum atomic E-state index is 13.3. The smallest absolute Gasteiger partial charge is 0.335 e. The first kappa shape index (κ1) is 24.9. The van der Waals surface area contributed by atoms with Gasteiger partial charge in [0.1, 0.15) is 11.3 Å². The van der Waals surface area contributed by atoms with E-state index in [9.17, 15) is 14.4 Å². The lowest BCUT2D eigenvalue weighted by Crippen LogP contribution is -2.54. The highest BCUT2D eigenvalue weighted by molar-refractivity contribution is 14.1. The monoisotopic (exact) mass is 600 g/mol. The Labute approximate surface area is 222 Å². The van der Waals surface area contributed by atoms with Crippen molar-refractivity contribution >= 4 is 63.8 Å². The number of ether oxygens (including phenoxy) is 1. The number of barbiturate groups is 1. The normalized spacial score (nSPS) is 14.9. The maximum Gasteiger partial charge on any atom is 0.335 e. The molecular weight excluding hydrogens is 579 g/mol. The molecule has 6 nitrogen and oxygen atoms in total. The van der Waals surface area contributed by atoms with E-state index in [4.69, 9.17) is 16.3 Å². The number of halogens is 2. The molecule has 1 N–H and O–H groups in total. The average molecular weight is 601 g/mol. The van der Waals surface area contributed by atoms with E-state index in [2.05, 4.69) is 27.9 Å². The van der Waals surface area contributed by atoms with E-state index in [0.717, 1.165) is 30.7 Å². The van der Waals surface area contributed by atoms with Crippen molar-refractivity contribution in [3.8, 4) is 5.75 Å². The number of hydrogen-bond donors (Lipinski definition) is 1. The van der Waals surface area contributed by atoms with Crippen molar-refractivity contribution in [3.63, 3.8) is 0 Å². The van der Waals surface area contributed by atoms with Crippen LogP contribution < -0.4 is 15.0 Å². The number of benzene rings is 3. The average Bonchev–Trinajstić information content (AvgIpc) is 2.80. The van der Waals surface area contributed by atoms with Crippen molar-refractivity contribution in [2.75, 3.05) is 12.0 Å². The number of amides is 4. The van der Waals surface area contributed by atoms with E-state index in [0.29, 0.717) is 28.4 Å². The number of carbonyl (C=O) groups is 3. The Kier molecular flexibility index (Phi) is 7.28. The van der Waals surface area contributed by atoms with E-state index >= 15 is 0 Å². The number of anilines is 1. The first-order chi connectivity index (χ1) is 16.7. The van der Waals surface area contributed by atoms with Crippen LogP contribution in [0.15, 0.2) is 60.2 Å². The van der Waals surface area contributed by atoms with Gasteiger partial charge >= 0.3 is 6.03 Å². The summed E-state index contributed by atoms with van der Waals surface area (Å²) in [4.78, 5) is 39.5. The van der Waals surface area contributed by atoms with Crippen LogP contribution in [0.2, 0.25) is 5.02 Å². The fourth-order valence-electron chi connectivity index (χ4n) is 4.00. The molecule has 1 aliphatic rings. The number of nitrogens with zero attached hydrogens (tertiary/aromatic N) is 1. The number of aryl methyl sites for hydroxylation is 2. The number of rotatable bonds is 5. The van der Waals surface area contributed by atoms with Crippen LogP contribution in [0.1, 0.15) is 27.8 Å². The summed E-state index contributed by atoms with van der Waals surface area (Å²) in [6.07, 6.45) is 2.04. The van der Waals surface area contributed by atoms with Crippen LogP contribution in [-0.4, -0.2) is 25.0 Å². The van der Waals surface area contributed by atoms with Gasteiger partial charge in [-0.15, -0.1) is 0 Å². The molecule has 8 heteroatoms. The lowest BCUT2D eigenvalue weighted by molar-refractivity contribution is -0.122. The summed E-state index contributed by atoms with van der Waals surface area (Å²) in [5.41, 5.74) is 4.54.